The number of non-ortho nitro benzene ring substituents is 1. The van der Waals surface area contributed by atoms with Crippen molar-refractivity contribution in [2.75, 3.05) is 6.61 Å². The van der Waals surface area contributed by atoms with Crippen molar-refractivity contribution < 1.29 is 14.5 Å². The first kappa shape index (κ1) is 13.5. The third-order valence-corrected chi connectivity index (χ3v) is 2.56. The van der Waals surface area contributed by atoms with Crippen molar-refractivity contribution in [3.63, 3.8) is 0 Å². The number of nitro benzene ring substituents is 1. The zero-order valence-electron chi connectivity index (χ0n) is 10.5. The topological polar surface area (TPSA) is 107 Å². The van der Waals surface area contributed by atoms with E-state index in [-0.39, 0.29) is 17.9 Å². The Morgan fingerprint density at radius 1 is 1.40 bits per heavy atom. The summed E-state index contributed by atoms with van der Waals surface area (Å²) in [4.78, 5) is 33.2. The van der Waals surface area contributed by atoms with Crippen LogP contribution in [0.25, 0.3) is 5.69 Å². The number of nitrogens with one attached hydrogen (secondary N) is 1. The maximum absolute atomic E-state index is 11.6. The molecule has 0 fully saturated rings. The van der Waals surface area contributed by atoms with E-state index in [1.807, 2.05) is 0 Å². The summed E-state index contributed by atoms with van der Waals surface area (Å²) in [6.07, 6.45) is 1.29. The van der Waals surface area contributed by atoms with E-state index in [9.17, 15) is 19.7 Å². The van der Waals surface area contributed by atoms with E-state index in [0.29, 0.717) is 5.69 Å². The van der Waals surface area contributed by atoms with E-state index in [1.54, 1.807) is 6.92 Å². The Hall–Kier alpha value is -2.90. The van der Waals surface area contributed by atoms with Gasteiger partial charge in [0.15, 0.2) is 0 Å². The van der Waals surface area contributed by atoms with E-state index in [4.69, 9.17) is 4.74 Å². The van der Waals surface area contributed by atoms with Gasteiger partial charge in [-0.25, -0.2) is 4.79 Å². The summed E-state index contributed by atoms with van der Waals surface area (Å²) in [5.41, 5.74) is -0.274. The monoisotopic (exact) mass is 277 g/mol. The van der Waals surface area contributed by atoms with Gasteiger partial charge in [0.2, 0.25) is 0 Å². The van der Waals surface area contributed by atoms with Crippen molar-refractivity contribution in [1.82, 2.24) is 9.78 Å². The van der Waals surface area contributed by atoms with E-state index in [2.05, 4.69) is 5.10 Å². The van der Waals surface area contributed by atoms with Crippen LogP contribution in [-0.4, -0.2) is 27.3 Å². The number of hydrogen-bond acceptors (Lipinski definition) is 5. The van der Waals surface area contributed by atoms with Crippen molar-refractivity contribution in [3.05, 3.63) is 56.5 Å². The van der Waals surface area contributed by atoms with Gasteiger partial charge in [-0.3, -0.25) is 24.7 Å². The van der Waals surface area contributed by atoms with Crippen LogP contribution >= 0.6 is 0 Å². The maximum atomic E-state index is 11.6. The van der Waals surface area contributed by atoms with Crippen LogP contribution in [0, 0.1) is 10.1 Å². The fourth-order valence-electron chi connectivity index (χ4n) is 1.62. The summed E-state index contributed by atoms with van der Waals surface area (Å²) in [5.74, 6) is -0.714. The quantitative estimate of drug-likeness (QED) is 0.514. The second kappa shape index (κ2) is 5.39. The van der Waals surface area contributed by atoms with Crippen LogP contribution in [-0.2, 0) is 4.74 Å². The first-order chi connectivity index (χ1) is 9.52. The van der Waals surface area contributed by atoms with Gasteiger partial charge in [-0.1, -0.05) is 0 Å². The molecule has 0 aliphatic rings. The number of aromatic nitrogens is 2. The summed E-state index contributed by atoms with van der Waals surface area (Å²) < 4.78 is 6.05. The summed E-state index contributed by atoms with van der Waals surface area (Å²) >= 11 is 0. The van der Waals surface area contributed by atoms with E-state index < -0.39 is 16.5 Å². The number of rotatable bonds is 4. The molecule has 2 rings (SSSR count). The normalized spacial score (nSPS) is 10.2. The second-order valence-corrected chi connectivity index (χ2v) is 3.85. The second-order valence-electron chi connectivity index (χ2n) is 3.85. The van der Waals surface area contributed by atoms with Gasteiger partial charge in [0, 0.05) is 18.3 Å². The number of benzene rings is 1. The van der Waals surface area contributed by atoms with Crippen LogP contribution in [0.2, 0.25) is 0 Å². The molecule has 0 bridgehead atoms. The summed E-state index contributed by atoms with van der Waals surface area (Å²) in [7, 11) is 0. The minimum absolute atomic E-state index is 0.0612. The largest absolute Gasteiger partial charge is 0.462 e. The maximum Gasteiger partial charge on any atom is 0.345 e. The number of nitro groups is 1. The van der Waals surface area contributed by atoms with Gasteiger partial charge < -0.3 is 4.74 Å². The third-order valence-electron chi connectivity index (χ3n) is 2.56. The fraction of sp³-hybridized carbons (Fsp3) is 0.167. The molecule has 2 aromatic rings. The van der Waals surface area contributed by atoms with E-state index >= 15 is 0 Å². The molecule has 0 saturated carbocycles. The summed E-state index contributed by atoms with van der Waals surface area (Å²) in [6.45, 7) is 1.81. The zero-order valence-corrected chi connectivity index (χ0v) is 10.5. The van der Waals surface area contributed by atoms with Crippen molar-refractivity contribution >= 4 is 11.7 Å². The Kier molecular flexibility index (Phi) is 3.65. The molecule has 0 aliphatic carbocycles. The number of aromatic amines is 1. The van der Waals surface area contributed by atoms with Crippen molar-refractivity contribution in [2.24, 2.45) is 0 Å². The lowest BCUT2D eigenvalue weighted by molar-refractivity contribution is -0.384. The molecule has 104 valence electrons. The molecule has 8 heteroatoms. The van der Waals surface area contributed by atoms with Crippen LogP contribution in [0.3, 0.4) is 0 Å². The Balaban J connectivity index is 2.34. The van der Waals surface area contributed by atoms with Crippen molar-refractivity contribution in [2.45, 2.75) is 6.92 Å². The van der Waals surface area contributed by atoms with E-state index in [1.165, 1.54) is 35.1 Å². The molecule has 0 spiro atoms. The Bertz CT molecular complexity index is 699. The lowest BCUT2D eigenvalue weighted by Gasteiger charge is -2.01. The molecule has 0 aliphatic heterocycles. The predicted octanol–water partition coefficient (Wildman–Crippen LogP) is 1.25. The van der Waals surface area contributed by atoms with Crippen LogP contribution < -0.4 is 5.56 Å². The smallest absolute Gasteiger partial charge is 0.345 e. The minimum atomic E-state index is -0.714. The number of ether oxygens (including phenoxy) is 1. The van der Waals surface area contributed by atoms with Crippen molar-refractivity contribution in [3.8, 4) is 5.69 Å². The Labute approximate surface area is 112 Å². The zero-order chi connectivity index (χ0) is 14.7. The van der Waals surface area contributed by atoms with Gasteiger partial charge in [0.1, 0.15) is 5.56 Å². The van der Waals surface area contributed by atoms with Crippen LogP contribution in [0.5, 0.6) is 0 Å². The van der Waals surface area contributed by atoms with Gasteiger partial charge >= 0.3 is 5.97 Å². The van der Waals surface area contributed by atoms with Gasteiger partial charge in [0.25, 0.3) is 11.2 Å². The number of nitrogens with zero attached hydrogens (tertiary/aromatic N) is 2. The summed E-state index contributed by atoms with van der Waals surface area (Å²) in [6, 6.07) is 5.53. The third kappa shape index (κ3) is 2.58. The predicted molar refractivity (Wildman–Crippen MR) is 69.0 cm³/mol. The summed E-state index contributed by atoms with van der Waals surface area (Å²) in [5, 5.41) is 13.0. The molecule has 0 unspecified atom stereocenters. The Morgan fingerprint density at radius 3 is 2.60 bits per heavy atom. The molecule has 0 atom stereocenters. The van der Waals surface area contributed by atoms with Gasteiger partial charge in [-0.05, 0) is 19.1 Å². The number of H-pyrrole nitrogens is 1. The number of carbonyl (C=O) groups is 1. The highest BCUT2D eigenvalue weighted by Gasteiger charge is 2.15. The lowest BCUT2D eigenvalue weighted by Crippen LogP contribution is -2.14. The molecule has 0 saturated heterocycles. The highest BCUT2D eigenvalue weighted by molar-refractivity contribution is 5.88. The first-order valence-electron chi connectivity index (χ1n) is 5.76. The minimum Gasteiger partial charge on any atom is -0.462 e. The molecule has 1 heterocycles. The molecule has 20 heavy (non-hydrogen) atoms. The molecular formula is C12H11N3O5. The van der Waals surface area contributed by atoms with Gasteiger partial charge in [-0.15, -0.1) is 0 Å². The highest BCUT2D eigenvalue weighted by Crippen LogP contribution is 2.14. The number of carbonyl (C=O) groups excluding carboxylic acids is 1. The molecule has 0 radical (unpaired) electrons. The van der Waals surface area contributed by atoms with Crippen LogP contribution in [0.4, 0.5) is 5.69 Å². The van der Waals surface area contributed by atoms with Crippen LogP contribution in [0.1, 0.15) is 17.3 Å². The molecule has 1 aromatic carbocycles. The number of hydrogen-bond donors (Lipinski definition) is 1. The van der Waals surface area contributed by atoms with E-state index in [0.717, 1.165) is 0 Å². The fourth-order valence-corrected chi connectivity index (χ4v) is 1.62. The van der Waals surface area contributed by atoms with Crippen molar-refractivity contribution in [1.29, 1.82) is 0 Å². The standard InChI is InChI=1S/C12H11N3O5/c1-2-20-12(17)10-7-14(13-11(10)16)8-3-5-9(6-4-8)15(18)19/h3-7H,2H2,1H3,(H,13,16). The lowest BCUT2D eigenvalue weighted by atomic mass is 10.3. The molecular weight excluding hydrogens is 266 g/mol. The average Bonchev–Trinajstić information content (AvgIpc) is 2.81. The highest BCUT2D eigenvalue weighted by atomic mass is 16.6. The van der Waals surface area contributed by atoms with Gasteiger partial charge in [-0.2, -0.15) is 0 Å². The molecule has 1 aromatic heterocycles. The number of esters is 1. The van der Waals surface area contributed by atoms with Gasteiger partial charge in [0.05, 0.1) is 17.2 Å². The molecule has 0 amide bonds. The SMILES string of the molecule is CCOC(=O)c1cn(-c2ccc([N+](=O)[O-])cc2)[nH]c1=O. The van der Waals surface area contributed by atoms with Crippen LogP contribution in [0.15, 0.2) is 35.3 Å². The average molecular weight is 277 g/mol. The molecule has 8 nitrogen and oxygen atoms in total. The Morgan fingerprint density at radius 2 is 2.05 bits per heavy atom. The first-order valence-corrected chi connectivity index (χ1v) is 5.76. The molecule has 1 N–H and O–H groups in total.